The number of hydrogen-bond acceptors (Lipinski definition) is 2. The summed E-state index contributed by atoms with van der Waals surface area (Å²) in [5, 5.41) is 12.1. The summed E-state index contributed by atoms with van der Waals surface area (Å²) >= 11 is 0. The number of rotatable bonds is 0. The fourth-order valence-electron chi connectivity index (χ4n) is 0.845. The van der Waals surface area contributed by atoms with Gasteiger partial charge in [0.2, 0.25) is 0 Å². The Morgan fingerprint density at radius 2 is 2.25 bits per heavy atom. The summed E-state index contributed by atoms with van der Waals surface area (Å²) in [4.78, 5) is 0. The Labute approximate surface area is 55.7 Å². The summed E-state index contributed by atoms with van der Waals surface area (Å²) in [5.41, 5.74) is 0. The molecule has 2 atom stereocenters. The van der Waals surface area contributed by atoms with Crippen LogP contribution in [0, 0.1) is 0 Å². The molecule has 1 heterocycles. The largest absolute Gasteiger partial charge is 0.391 e. The van der Waals surface area contributed by atoms with Gasteiger partial charge in [-0.1, -0.05) is 0 Å². The quantitative estimate of drug-likeness (QED) is 0.498. The van der Waals surface area contributed by atoms with E-state index in [0.29, 0.717) is 6.04 Å². The second-order valence-corrected chi connectivity index (χ2v) is 2.10. The molecule has 1 saturated heterocycles. The molecule has 1 aliphatic heterocycles. The zero-order chi connectivity index (χ0) is 5.28. The average molecular weight is 138 g/mol. The fraction of sp³-hybridized carbons (Fsp3) is 1.00. The van der Waals surface area contributed by atoms with Crippen molar-refractivity contribution in [3.05, 3.63) is 0 Å². The summed E-state index contributed by atoms with van der Waals surface area (Å²) in [6.45, 7) is 2.97. The minimum absolute atomic E-state index is 0. The van der Waals surface area contributed by atoms with E-state index in [-0.39, 0.29) is 18.5 Å². The number of halogens is 1. The Morgan fingerprint density at radius 3 is 2.38 bits per heavy atom. The van der Waals surface area contributed by atoms with Gasteiger partial charge < -0.3 is 10.4 Å². The maximum absolute atomic E-state index is 8.94. The van der Waals surface area contributed by atoms with Crippen LogP contribution in [-0.2, 0) is 0 Å². The van der Waals surface area contributed by atoms with Gasteiger partial charge in [0.1, 0.15) is 0 Å². The highest BCUT2D eigenvalue weighted by atomic mass is 35.5. The molecule has 0 spiro atoms. The van der Waals surface area contributed by atoms with Crippen molar-refractivity contribution in [1.82, 2.24) is 5.32 Å². The summed E-state index contributed by atoms with van der Waals surface area (Å²) in [7, 11) is 0. The van der Waals surface area contributed by atoms with E-state index < -0.39 is 0 Å². The smallest absolute Gasteiger partial charge is 0.0702 e. The zero-order valence-corrected chi connectivity index (χ0v) is 5.74. The molecule has 0 aromatic rings. The molecule has 3 heteroatoms. The predicted octanol–water partition coefficient (Wildman–Crippen LogP) is 0.151. The van der Waals surface area contributed by atoms with Gasteiger partial charge >= 0.3 is 0 Å². The fourth-order valence-corrected chi connectivity index (χ4v) is 0.845. The van der Waals surface area contributed by atoms with Gasteiger partial charge in [-0.2, -0.15) is 0 Å². The minimum atomic E-state index is -0.0972. The third-order valence-corrected chi connectivity index (χ3v) is 1.48. The van der Waals surface area contributed by atoms with Crippen LogP contribution in [0.2, 0.25) is 0 Å². The Bertz CT molecular complexity index is 61.4. The van der Waals surface area contributed by atoms with Gasteiger partial charge in [-0.3, -0.25) is 0 Å². The molecule has 2 nitrogen and oxygen atoms in total. The number of aliphatic hydroxyl groups is 1. The molecule has 0 bridgehead atoms. The molecule has 1 rings (SSSR count). The van der Waals surface area contributed by atoms with Crippen LogP contribution >= 0.6 is 12.4 Å². The topological polar surface area (TPSA) is 32.3 Å². The van der Waals surface area contributed by atoms with Gasteiger partial charge in [-0.05, 0) is 19.9 Å². The molecular formula is C5H12ClNO. The standard InChI is InChI=1S/C5H11NO.ClH/c1-4-5(7)2-3-6-4;/h4-7H,2-3H2,1H3;1H/t4-,5-;/m1./s1. The summed E-state index contributed by atoms with van der Waals surface area (Å²) in [6.07, 6.45) is 0.821. The van der Waals surface area contributed by atoms with E-state index in [2.05, 4.69) is 5.32 Å². The van der Waals surface area contributed by atoms with Gasteiger partial charge in [-0.15, -0.1) is 12.4 Å². The molecule has 1 aliphatic rings. The molecule has 0 aromatic heterocycles. The van der Waals surface area contributed by atoms with E-state index in [0.717, 1.165) is 13.0 Å². The first kappa shape index (κ1) is 8.21. The summed E-state index contributed by atoms with van der Waals surface area (Å²) in [6, 6.07) is 0.319. The molecule has 0 radical (unpaired) electrons. The predicted molar refractivity (Wildman–Crippen MR) is 35.3 cm³/mol. The third kappa shape index (κ3) is 1.62. The molecule has 0 saturated carbocycles. The van der Waals surface area contributed by atoms with Gasteiger partial charge in [-0.25, -0.2) is 0 Å². The zero-order valence-electron chi connectivity index (χ0n) is 4.92. The van der Waals surface area contributed by atoms with E-state index in [4.69, 9.17) is 5.11 Å². The molecule has 50 valence electrons. The molecule has 0 amide bonds. The lowest BCUT2D eigenvalue weighted by atomic mass is 10.2. The van der Waals surface area contributed by atoms with Crippen LogP contribution in [0.25, 0.3) is 0 Å². The highest BCUT2D eigenvalue weighted by Gasteiger charge is 2.18. The van der Waals surface area contributed by atoms with Crippen molar-refractivity contribution in [2.24, 2.45) is 0 Å². The molecule has 0 aliphatic carbocycles. The molecular weight excluding hydrogens is 126 g/mol. The summed E-state index contributed by atoms with van der Waals surface area (Å²) in [5.74, 6) is 0. The number of aliphatic hydroxyl groups excluding tert-OH is 1. The first-order chi connectivity index (χ1) is 3.30. The highest BCUT2D eigenvalue weighted by molar-refractivity contribution is 5.85. The van der Waals surface area contributed by atoms with Crippen molar-refractivity contribution in [1.29, 1.82) is 0 Å². The second-order valence-electron chi connectivity index (χ2n) is 2.10. The van der Waals surface area contributed by atoms with E-state index in [9.17, 15) is 0 Å². The normalized spacial score (nSPS) is 36.8. The van der Waals surface area contributed by atoms with E-state index >= 15 is 0 Å². The highest BCUT2D eigenvalue weighted by Crippen LogP contribution is 2.03. The van der Waals surface area contributed by atoms with Gasteiger partial charge in [0.25, 0.3) is 0 Å². The lowest BCUT2D eigenvalue weighted by molar-refractivity contribution is 0.166. The lowest BCUT2D eigenvalue weighted by Crippen LogP contribution is -2.25. The van der Waals surface area contributed by atoms with Crippen molar-refractivity contribution in [3.8, 4) is 0 Å². The van der Waals surface area contributed by atoms with E-state index in [1.165, 1.54) is 0 Å². The van der Waals surface area contributed by atoms with Gasteiger partial charge in [0, 0.05) is 6.04 Å². The Morgan fingerprint density at radius 1 is 1.62 bits per heavy atom. The van der Waals surface area contributed by atoms with E-state index in [1.54, 1.807) is 0 Å². The number of hydrogen-bond donors (Lipinski definition) is 2. The molecule has 0 aromatic carbocycles. The van der Waals surface area contributed by atoms with Crippen molar-refractivity contribution in [3.63, 3.8) is 0 Å². The van der Waals surface area contributed by atoms with Crippen LogP contribution < -0.4 is 5.32 Å². The molecule has 1 fully saturated rings. The number of nitrogens with one attached hydrogen (secondary N) is 1. The van der Waals surface area contributed by atoms with Crippen LogP contribution in [0.1, 0.15) is 13.3 Å². The van der Waals surface area contributed by atoms with Crippen LogP contribution in [0.5, 0.6) is 0 Å². The minimum Gasteiger partial charge on any atom is -0.391 e. The van der Waals surface area contributed by atoms with Crippen LogP contribution in [0.15, 0.2) is 0 Å². The first-order valence-corrected chi connectivity index (χ1v) is 2.72. The van der Waals surface area contributed by atoms with Crippen LogP contribution in [0.4, 0.5) is 0 Å². The summed E-state index contributed by atoms with van der Waals surface area (Å²) < 4.78 is 0. The average Bonchev–Trinajstić information content (AvgIpc) is 1.91. The maximum atomic E-state index is 8.94. The molecule has 2 N–H and O–H groups in total. The Balaban J connectivity index is 0.000000490. The van der Waals surface area contributed by atoms with Crippen molar-refractivity contribution in [2.75, 3.05) is 6.54 Å². The second kappa shape index (κ2) is 3.28. The van der Waals surface area contributed by atoms with Crippen LogP contribution in [0.3, 0.4) is 0 Å². The lowest BCUT2D eigenvalue weighted by Gasteiger charge is -2.04. The third-order valence-electron chi connectivity index (χ3n) is 1.48. The van der Waals surface area contributed by atoms with Crippen molar-refractivity contribution in [2.45, 2.75) is 25.5 Å². The molecule has 0 unspecified atom stereocenters. The van der Waals surface area contributed by atoms with E-state index in [1.807, 2.05) is 6.92 Å². The molecule has 8 heavy (non-hydrogen) atoms. The van der Waals surface area contributed by atoms with Crippen molar-refractivity contribution < 1.29 is 5.11 Å². The van der Waals surface area contributed by atoms with Gasteiger partial charge in [0.15, 0.2) is 0 Å². The van der Waals surface area contributed by atoms with Gasteiger partial charge in [0.05, 0.1) is 6.10 Å². The Kier molecular flexibility index (Phi) is 3.36. The Hall–Kier alpha value is 0.210. The monoisotopic (exact) mass is 137 g/mol. The van der Waals surface area contributed by atoms with Crippen LogP contribution in [-0.4, -0.2) is 23.8 Å². The first-order valence-electron chi connectivity index (χ1n) is 2.72. The SMILES string of the molecule is C[C@H]1NCC[C@H]1O.Cl. The van der Waals surface area contributed by atoms with Crippen molar-refractivity contribution >= 4 is 12.4 Å². The maximum Gasteiger partial charge on any atom is 0.0702 e.